The number of hydrogen-bond donors (Lipinski definition) is 0. The van der Waals surface area contributed by atoms with Gasteiger partial charge in [-0.15, -0.1) is 0 Å². The Labute approximate surface area is 463 Å². The molecule has 0 bridgehead atoms. The first-order chi connectivity index (χ1) is 37.0. The van der Waals surface area contributed by atoms with E-state index in [9.17, 15) is 9.59 Å². The van der Waals surface area contributed by atoms with Gasteiger partial charge in [0.05, 0.1) is 12.1 Å². The summed E-state index contributed by atoms with van der Waals surface area (Å²) in [5, 5.41) is 0. The van der Waals surface area contributed by atoms with Crippen molar-refractivity contribution in [2.24, 2.45) is 0 Å². The molecule has 0 N–H and O–H groups in total. The largest absolute Gasteiger partial charge is 0.464 e. The molecule has 444 valence electrons. The summed E-state index contributed by atoms with van der Waals surface area (Å²) >= 11 is 0. The average Bonchev–Trinajstić information content (AvgIpc) is 4.13. The van der Waals surface area contributed by atoms with E-state index < -0.39 is 0 Å². The Balaban J connectivity index is 1.89. The number of hydrogen-bond acceptors (Lipinski definition) is 11. The first-order valence-corrected chi connectivity index (χ1v) is 32.8. The predicted molar refractivity (Wildman–Crippen MR) is 311 cm³/mol. The Morgan fingerprint density at radius 1 is 0.413 bits per heavy atom. The number of rotatable bonds is 58. The van der Waals surface area contributed by atoms with Crippen molar-refractivity contribution in [1.82, 2.24) is 9.80 Å². The molecule has 2 heterocycles. The molecule has 11 nitrogen and oxygen atoms in total. The van der Waals surface area contributed by atoms with Crippen LogP contribution in [0.3, 0.4) is 0 Å². The van der Waals surface area contributed by atoms with E-state index in [1.165, 1.54) is 206 Å². The summed E-state index contributed by atoms with van der Waals surface area (Å²) in [4.78, 5) is 31.5. The van der Waals surface area contributed by atoms with E-state index in [4.69, 9.17) is 33.2 Å². The molecule has 2 saturated heterocycles. The number of carbonyl (C=O) groups is 2. The van der Waals surface area contributed by atoms with Crippen molar-refractivity contribution in [3.05, 3.63) is 0 Å². The van der Waals surface area contributed by atoms with E-state index >= 15 is 0 Å². The summed E-state index contributed by atoms with van der Waals surface area (Å²) in [6.07, 6.45) is 47.7. The molecule has 1 atom stereocenters. The second kappa shape index (κ2) is 53.3. The Morgan fingerprint density at radius 3 is 1.12 bits per heavy atom. The molecular formula is C64H124N2O9. The van der Waals surface area contributed by atoms with E-state index in [1.54, 1.807) is 0 Å². The van der Waals surface area contributed by atoms with E-state index in [1.807, 2.05) is 0 Å². The van der Waals surface area contributed by atoms with Gasteiger partial charge >= 0.3 is 11.9 Å². The molecule has 1 unspecified atom stereocenters. The monoisotopic (exact) mass is 1060 g/mol. The lowest BCUT2D eigenvalue weighted by atomic mass is 10.1. The summed E-state index contributed by atoms with van der Waals surface area (Å²) in [5.74, 6) is -0.453. The van der Waals surface area contributed by atoms with Gasteiger partial charge in [-0.25, -0.2) is 0 Å². The maximum atomic E-state index is 13.4. The molecule has 0 aromatic rings. The molecule has 2 aliphatic rings. The van der Waals surface area contributed by atoms with Crippen LogP contribution in [0.15, 0.2) is 0 Å². The van der Waals surface area contributed by atoms with Crippen LogP contribution in [0.25, 0.3) is 0 Å². The first-order valence-electron chi connectivity index (χ1n) is 32.8. The van der Waals surface area contributed by atoms with Gasteiger partial charge in [0, 0.05) is 65.5 Å². The van der Waals surface area contributed by atoms with Gasteiger partial charge in [0.15, 0.2) is 12.6 Å². The minimum Gasteiger partial charge on any atom is -0.464 e. The molecule has 0 saturated carbocycles. The zero-order valence-corrected chi connectivity index (χ0v) is 50.1. The highest BCUT2D eigenvalue weighted by molar-refractivity contribution is 5.69. The minimum atomic E-state index is -0.297. The molecule has 2 fully saturated rings. The maximum absolute atomic E-state index is 13.4. The number of likely N-dealkylation sites (tertiary alicyclic amines) is 2. The van der Waals surface area contributed by atoms with E-state index in [2.05, 4.69) is 37.5 Å². The minimum absolute atomic E-state index is 0.125. The molecule has 0 radical (unpaired) electrons. The third kappa shape index (κ3) is 43.2. The molecule has 0 aromatic carbocycles. The SMILES string of the molecule is CCCCCCCCCCOC(CCCC(=O)OCC(COC(=O)CCCC(OCCCCCCCCCC)OCCCCCCCCCC)N1CCC(OCCCN2CCCC2)C1)OCCCCCCCCCC. The van der Waals surface area contributed by atoms with Crippen LogP contribution in [0, 0.1) is 0 Å². The predicted octanol–water partition coefficient (Wildman–Crippen LogP) is 16.6. The smallest absolute Gasteiger partial charge is 0.305 e. The highest BCUT2D eigenvalue weighted by atomic mass is 16.7. The van der Waals surface area contributed by atoms with Crippen LogP contribution in [-0.4, -0.2) is 125 Å². The third-order valence-corrected chi connectivity index (χ3v) is 15.6. The summed E-state index contributed by atoms with van der Waals surface area (Å²) in [6, 6.07) is -0.230. The topological polar surface area (TPSA) is 105 Å². The zero-order valence-electron chi connectivity index (χ0n) is 50.1. The molecule has 75 heavy (non-hydrogen) atoms. The van der Waals surface area contributed by atoms with Crippen LogP contribution in [-0.2, 0) is 42.7 Å². The fourth-order valence-corrected chi connectivity index (χ4v) is 10.6. The van der Waals surface area contributed by atoms with Gasteiger partial charge in [0.25, 0.3) is 0 Å². The van der Waals surface area contributed by atoms with Crippen molar-refractivity contribution < 1.29 is 42.7 Å². The van der Waals surface area contributed by atoms with Gasteiger partial charge in [-0.2, -0.15) is 0 Å². The number of nitrogens with zero attached hydrogens (tertiary/aromatic N) is 2. The molecule has 2 aliphatic heterocycles. The van der Waals surface area contributed by atoms with Crippen molar-refractivity contribution in [1.29, 1.82) is 0 Å². The van der Waals surface area contributed by atoms with Crippen LogP contribution in [0.4, 0.5) is 0 Å². The van der Waals surface area contributed by atoms with Gasteiger partial charge in [-0.3, -0.25) is 14.5 Å². The highest BCUT2D eigenvalue weighted by Crippen LogP contribution is 2.20. The summed E-state index contributed by atoms with van der Waals surface area (Å²) in [5.41, 5.74) is 0. The Kier molecular flexibility index (Phi) is 49.6. The van der Waals surface area contributed by atoms with Crippen molar-refractivity contribution in [2.75, 3.05) is 79.0 Å². The van der Waals surface area contributed by atoms with Crippen molar-refractivity contribution in [3.8, 4) is 0 Å². The maximum Gasteiger partial charge on any atom is 0.305 e. The number of carbonyl (C=O) groups excluding carboxylic acids is 2. The standard InChI is InChI=1S/C64H124N2O9/c1-5-9-13-17-21-25-29-35-51-70-63(71-52-36-30-26-22-18-14-10-6-2)44-39-42-61(67)74-57-59(66-50-46-60(56-66)69-55-41-49-65-47-33-34-48-65)58-75-62(68)43-40-45-64(72-53-37-31-27-23-19-15-11-7-3)73-54-38-32-28-24-20-16-12-8-4/h59-60,63-64H,5-58H2,1-4H3. The van der Waals surface area contributed by atoms with Crippen molar-refractivity contribution >= 4 is 11.9 Å². The van der Waals surface area contributed by atoms with E-state index in [-0.39, 0.29) is 49.9 Å². The zero-order chi connectivity index (χ0) is 53.8. The number of ether oxygens (including phenoxy) is 7. The van der Waals surface area contributed by atoms with E-state index in [0.717, 1.165) is 64.8 Å². The normalized spacial score (nSPS) is 15.4. The second-order valence-corrected chi connectivity index (χ2v) is 22.7. The second-order valence-electron chi connectivity index (χ2n) is 22.7. The van der Waals surface area contributed by atoms with Crippen LogP contribution >= 0.6 is 0 Å². The lowest BCUT2D eigenvalue weighted by Crippen LogP contribution is -2.42. The fraction of sp³-hybridized carbons (Fsp3) is 0.969. The van der Waals surface area contributed by atoms with Gasteiger partial charge in [-0.1, -0.05) is 207 Å². The summed E-state index contributed by atoms with van der Waals surface area (Å²) in [6.45, 7) is 18.0. The van der Waals surface area contributed by atoms with Gasteiger partial charge < -0.3 is 38.1 Å². The lowest BCUT2D eigenvalue weighted by Gasteiger charge is -2.27. The lowest BCUT2D eigenvalue weighted by molar-refractivity contribution is -0.154. The Hall–Kier alpha value is -1.34. The van der Waals surface area contributed by atoms with Crippen molar-refractivity contribution in [3.63, 3.8) is 0 Å². The molecular weight excluding hydrogens is 941 g/mol. The average molecular weight is 1070 g/mol. The van der Waals surface area contributed by atoms with Crippen LogP contribution in [0.2, 0.25) is 0 Å². The Bertz CT molecular complexity index is 1110. The van der Waals surface area contributed by atoms with Gasteiger partial charge in [0.2, 0.25) is 0 Å². The van der Waals surface area contributed by atoms with Gasteiger partial charge in [-0.05, 0) is 90.1 Å². The summed E-state index contributed by atoms with van der Waals surface area (Å²) < 4.78 is 43.6. The molecule has 11 heteroatoms. The molecule has 2 rings (SSSR count). The fourth-order valence-electron chi connectivity index (χ4n) is 10.6. The molecule has 0 spiro atoms. The molecule has 0 aliphatic carbocycles. The highest BCUT2D eigenvalue weighted by Gasteiger charge is 2.31. The third-order valence-electron chi connectivity index (χ3n) is 15.6. The van der Waals surface area contributed by atoms with Crippen LogP contribution < -0.4 is 0 Å². The van der Waals surface area contributed by atoms with E-state index in [0.29, 0.717) is 65.0 Å². The van der Waals surface area contributed by atoms with Gasteiger partial charge in [0.1, 0.15) is 13.2 Å². The van der Waals surface area contributed by atoms with Crippen LogP contribution in [0.5, 0.6) is 0 Å². The van der Waals surface area contributed by atoms with Crippen LogP contribution in [0.1, 0.15) is 297 Å². The quantitative estimate of drug-likeness (QED) is 0.0330. The summed E-state index contributed by atoms with van der Waals surface area (Å²) in [7, 11) is 0. The first kappa shape index (κ1) is 69.8. The molecule has 0 amide bonds. The molecule has 0 aromatic heterocycles. The number of unbranched alkanes of at least 4 members (excludes halogenated alkanes) is 28. The van der Waals surface area contributed by atoms with Crippen molar-refractivity contribution in [2.45, 2.75) is 322 Å². The Morgan fingerprint density at radius 2 is 0.760 bits per heavy atom. The number of esters is 2.